The van der Waals surface area contributed by atoms with Gasteiger partial charge in [0.05, 0.1) is 18.8 Å². The Bertz CT molecular complexity index is 241. The topological polar surface area (TPSA) is 32.8 Å². The Morgan fingerprint density at radius 2 is 2.07 bits per heavy atom. The minimum Gasteiger partial charge on any atom is -0.374 e. The van der Waals surface area contributed by atoms with Crippen molar-refractivity contribution in [1.82, 2.24) is 9.80 Å². The van der Waals surface area contributed by atoms with E-state index >= 15 is 0 Å². The molecule has 1 heterocycles. The van der Waals surface area contributed by atoms with E-state index in [0.29, 0.717) is 12.6 Å². The highest BCUT2D eigenvalue weighted by atomic mass is 16.5. The van der Waals surface area contributed by atoms with E-state index in [-0.39, 0.29) is 12.1 Å². The molecule has 2 aliphatic rings. The van der Waals surface area contributed by atoms with Crippen LogP contribution in [0.5, 0.6) is 0 Å². The third kappa shape index (κ3) is 2.09. The number of ether oxygens (including phenoxy) is 1. The molecule has 0 aromatic rings. The van der Waals surface area contributed by atoms with Crippen LogP contribution in [0.3, 0.4) is 0 Å². The molecule has 0 radical (unpaired) electrons. The summed E-state index contributed by atoms with van der Waals surface area (Å²) in [4.78, 5) is 15.6. The largest absolute Gasteiger partial charge is 0.374 e. The lowest BCUT2D eigenvalue weighted by Gasteiger charge is -2.44. The Kier molecular flexibility index (Phi) is 3.14. The van der Waals surface area contributed by atoms with Gasteiger partial charge in [-0.2, -0.15) is 0 Å². The van der Waals surface area contributed by atoms with Gasteiger partial charge < -0.3 is 14.5 Å². The summed E-state index contributed by atoms with van der Waals surface area (Å²) in [5, 5.41) is 0. The summed E-state index contributed by atoms with van der Waals surface area (Å²) in [6.07, 6.45) is 4.97. The maximum atomic E-state index is 11.9. The van der Waals surface area contributed by atoms with Crippen molar-refractivity contribution in [2.24, 2.45) is 0 Å². The van der Waals surface area contributed by atoms with Gasteiger partial charge in [-0.15, -0.1) is 0 Å². The first-order chi connectivity index (χ1) is 7.20. The number of morpholine rings is 1. The van der Waals surface area contributed by atoms with Gasteiger partial charge in [0.15, 0.2) is 0 Å². The molecule has 2 fully saturated rings. The van der Waals surface area contributed by atoms with Gasteiger partial charge in [-0.05, 0) is 12.8 Å². The standard InChI is InChI=1S/C11H20N2O2/c1-12(2)11(14)13-7-8-15-10-6-4-3-5-9(10)13/h9-10H,3-8H2,1-2H3/t9-,10+/m0/s1. The van der Waals surface area contributed by atoms with Crippen molar-refractivity contribution >= 4 is 6.03 Å². The Balaban J connectivity index is 2.06. The predicted molar refractivity (Wildman–Crippen MR) is 57.8 cm³/mol. The maximum Gasteiger partial charge on any atom is 0.319 e. The van der Waals surface area contributed by atoms with Crippen LogP contribution < -0.4 is 0 Å². The third-order valence-corrected chi connectivity index (χ3v) is 3.36. The van der Waals surface area contributed by atoms with E-state index in [4.69, 9.17) is 4.74 Å². The number of amides is 2. The minimum atomic E-state index is 0.134. The van der Waals surface area contributed by atoms with Gasteiger partial charge in [-0.1, -0.05) is 12.8 Å². The number of rotatable bonds is 0. The smallest absolute Gasteiger partial charge is 0.319 e. The zero-order valence-corrected chi connectivity index (χ0v) is 9.61. The van der Waals surface area contributed by atoms with Crippen molar-refractivity contribution in [2.75, 3.05) is 27.2 Å². The van der Waals surface area contributed by atoms with Gasteiger partial charge in [0.2, 0.25) is 0 Å². The first kappa shape index (κ1) is 10.7. The summed E-state index contributed by atoms with van der Waals surface area (Å²) in [7, 11) is 3.63. The number of carbonyl (C=O) groups is 1. The van der Waals surface area contributed by atoms with Crippen LogP contribution in [0.4, 0.5) is 4.79 Å². The van der Waals surface area contributed by atoms with E-state index in [0.717, 1.165) is 19.4 Å². The molecule has 86 valence electrons. The summed E-state index contributed by atoms with van der Waals surface area (Å²) < 4.78 is 5.73. The van der Waals surface area contributed by atoms with Crippen LogP contribution >= 0.6 is 0 Å². The monoisotopic (exact) mass is 212 g/mol. The molecule has 0 bridgehead atoms. The summed E-state index contributed by atoms with van der Waals surface area (Å²) in [5.41, 5.74) is 0. The fourth-order valence-electron chi connectivity index (χ4n) is 2.59. The van der Waals surface area contributed by atoms with Gasteiger partial charge in [0.25, 0.3) is 0 Å². The van der Waals surface area contributed by atoms with Gasteiger partial charge in [-0.3, -0.25) is 0 Å². The summed E-state index contributed by atoms with van der Waals surface area (Å²) in [6.45, 7) is 1.44. The lowest BCUT2D eigenvalue weighted by Crippen LogP contribution is -2.57. The average Bonchev–Trinajstić information content (AvgIpc) is 2.27. The molecule has 2 rings (SSSR count). The first-order valence-electron chi connectivity index (χ1n) is 5.79. The number of hydrogen-bond acceptors (Lipinski definition) is 2. The summed E-state index contributed by atoms with van der Waals surface area (Å²) in [5.74, 6) is 0. The van der Waals surface area contributed by atoms with E-state index < -0.39 is 0 Å². The van der Waals surface area contributed by atoms with Gasteiger partial charge in [-0.25, -0.2) is 4.79 Å². The SMILES string of the molecule is CN(C)C(=O)N1CCO[C@@H]2CCCC[C@@H]21. The molecule has 0 spiro atoms. The number of fused-ring (bicyclic) bond motifs is 1. The number of urea groups is 1. The molecule has 1 saturated carbocycles. The van der Waals surface area contributed by atoms with E-state index in [1.54, 1.807) is 4.90 Å². The van der Waals surface area contributed by atoms with Gasteiger partial charge in [0.1, 0.15) is 0 Å². The molecule has 0 aromatic carbocycles. The van der Waals surface area contributed by atoms with Crippen LogP contribution in [0, 0.1) is 0 Å². The third-order valence-electron chi connectivity index (χ3n) is 3.36. The summed E-state index contributed by atoms with van der Waals surface area (Å²) in [6, 6.07) is 0.456. The van der Waals surface area contributed by atoms with Crippen molar-refractivity contribution in [3.63, 3.8) is 0 Å². The van der Waals surface area contributed by atoms with Crippen molar-refractivity contribution in [2.45, 2.75) is 37.8 Å². The lowest BCUT2D eigenvalue weighted by atomic mass is 9.90. The number of hydrogen-bond donors (Lipinski definition) is 0. The molecule has 4 heteroatoms. The zero-order valence-electron chi connectivity index (χ0n) is 9.61. The molecule has 0 N–H and O–H groups in total. The van der Waals surface area contributed by atoms with Gasteiger partial charge in [0, 0.05) is 20.6 Å². The number of nitrogens with zero attached hydrogens (tertiary/aromatic N) is 2. The Hall–Kier alpha value is -0.770. The average molecular weight is 212 g/mol. The fourth-order valence-corrected chi connectivity index (χ4v) is 2.59. The van der Waals surface area contributed by atoms with Crippen LogP contribution in [-0.2, 0) is 4.74 Å². The van der Waals surface area contributed by atoms with E-state index in [1.165, 1.54) is 12.8 Å². The van der Waals surface area contributed by atoms with Crippen molar-refractivity contribution in [1.29, 1.82) is 0 Å². The quantitative estimate of drug-likeness (QED) is 0.606. The van der Waals surface area contributed by atoms with Crippen molar-refractivity contribution in [3.8, 4) is 0 Å². The highest BCUT2D eigenvalue weighted by molar-refractivity contribution is 5.74. The molecule has 2 atom stereocenters. The fraction of sp³-hybridized carbons (Fsp3) is 0.909. The van der Waals surface area contributed by atoms with Gasteiger partial charge >= 0.3 is 6.03 Å². The number of carbonyl (C=O) groups excluding carboxylic acids is 1. The Morgan fingerprint density at radius 1 is 1.33 bits per heavy atom. The zero-order chi connectivity index (χ0) is 10.8. The van der Waals surface area contributed by atoms with Crippen LogP contribution in [0.1, 0.15) is 25.7 Å². The van der Waals surface area contributed by atoms with Crippen LogP contribution in [-0.4, -0.2) is 55.2 Å². The maximum absolute atomic E-state index is 11.9. The molecule has 1 aliphatic carbocycles. The second kappa shape index (κ2) is 4.39. The van der Waals surface area contributed by atoms with Crippen LogP contribution in [0.15, 0.2) is 0 Å². The molecular formula is C11H20N2O2. The normalized spacial score (nSPS) is 30.9. The highest BCUT2D eigenvalue weighted by Gasteiger charge is 2.37. The molecule has 0 aromatic heterocycles. The molecule has 4 nitrogen and oxygen atoms in total. The van der Waals surface area contributed by atoms with Crippen LogP contribution in [0.25, 0.3) is 0 Å². The van der Waals surface area contributed by atoms with E-state index in [1.807, 2.05) is 19.0 Å². The molecule has 15 heavy (non-hydrogen) atoms. The Labute approximate surface area is 91.2 Å². The highest BCUT2D eigenvalue weighted by Crippen LogP contribution is 2.28. The molecule has 0 unspecified atom stereocenters. The van der Waals surface area contributed by atoms with E-state index in [9.17, 15) is 4.79 Å². The molecule has 2 amide bonds. The molecule has 1 saturated heterocycles. The Morgan fingerprint density at radius 3 is 2.80 bits per heavy atom. The van der Waals surface area contributed by atoms with Crippen molar-refractivity contribution in [3.05, 3.63) is 0 Å². The minimum absolute atomic E-state index is 0.134. The van der Waals surface area contributed by atoms with E-state index in [2.05, 4.69) is 0 Å². The summed E-state index contributed by atoms with van der Waals surface area (Å²) >= 11 is 0. The molecular weight excluding hydrogens is 192 g/mol. The molecule has 1 aliphatic heterocycles. The van der Waals surface area contributed by atoms with Crippen molar-refractivity contribution < 1.29 is 9.53 Å². The second-order valence-corrected chi connectivity index (χ2v) is 4.63. The predicted octanol–water partition coefficient (Wildman–Crippen LogP) is 1.31. The van der Waals surface area contributed by atoms with Crippen LogP contribution in [0.2, 0.25) is 0 Å². The first-order valence-corrected chi connectivity index (χ1v) is 5.79. The lowest BCUT2D eigenvalue weighted by molar-refractivity contribution is -0.0741. The second-order valence-electron chi connectivity index (χ2n) is 4.63.